The van der Waals surface area contributed by atoms with Crippen LogP contribution in [-0.4, -0.2) is 66.2 Å². The quantitative estimate of drug-likeness (QED) is 0.369. The SMILES string of the molecule is COC1C[C@H](N(CC(C)C)C(=O)Cc2ccc(Cl)c(Cl)c2)C[C@]2(c3cccc(O)c3)CCN(CC3CC3)C[C@@H]12. The van der Waals surface area contributed by atoms with Gasteiger partial charge < -0.3 is 19.6 Å². The van der Waals surface area contributed by atoms with Crippen molar-refractivity contribution in [2.75, 3.05) is 33.3 Å². The van der Waals surface area contributed by atoms with E-state index in [1.165, 1.54) is 24.9 Å². The van der Waals surface area contributed by atoms with Gasteiger partial charge in [-0.3, -0.25) is 4.79 Å². The van der Waals surface area contributed by atoms with E-state index in [1.54, 1.807) is 18.2 Å². The van der Waals surface area contributed by atoms with E-state index in [0.29, 0.717) is 34.2 Å². The van der Waals surface area contributed by atoms with Gasteiger partial charge in [-0.2, -0.15) is 0 Å². The topological polar surface area (TPSA) is 53.0 Å². The molecule has 4 atom stereocenters. The Kier molecular flexibility index (Phi) is 8.83. The molecule has 5 rings (SSSR count). The second-order valence-corrected chi connectivity index (χ2v) is 13.3. The van der Waals surface area contributed by atoms with Crippen molar-refractivity contribution in [2.45, 2.75) is 69.9 Å². The van der Waals surface area contributed by atoms with E-state index >= 15 is 0 Å². The molecule has 212 valence electrons. The van der Waals surface area contributed by atoms with E-state index < -0.39 is 0 Å². The van der Waals surface area contributed by atoms with Gasteiger partial charge in [0.1, 0.15) is 5.75 Å². The number of rotatable bonds is 9. The minimum absolute atomic E-state index is 0.0283. The smallest absolute Gasteiger partial charge is 0.227 e. The molecule has 2 aromatic rings. The van der Waals surface area contributed by atoms with Crippen LogP contribution in [0.2, 0.25) is 10.0 Å². The molecule has 0 radical (unpaired) electrons. The highest BCUT2D eigenvalue weighted by Crippen LogP contribution is 2.52. The van der Waals surface area contributed by atoms with E-state index in [2.05, 4.69) is 29.7 Å². The van der Waals surface area contributed by atoms with Gasteiger partial charge in [-0.25, -0.2) is 0 Å². The van der Waals surface area contributed by atoms with Gasteiger partial charge in [0.25, 0.3) is 0 Å². The largest absolute Gasteiger partial charge is 0.508 e. The van der Waals surface area contributed by atoms with Gasteiger partial charge in [0.2, 0.25) is 5.91 Å². The van der Waals surface area contributed by atoms with Crippen molar-refractivity contribution in [3.63, 3.8) is 0 Å². The Bertz CT molecular complexity index is 1170. The number of ether oxygens (including phenoxy) is 1. The zero-order valence-electron chi connectivity index (χ0n) is 23.4. The lowest BCUT2D eigenvalue weighted by Crippen LogP contribution is -2.62. The molecule has 1 saturated heterocycles. The summed E-state index contributed by atoms with van der Waals surface area (Å²) in [5, 5.41) is 11.5. The normalized spacial score (nSPS) is 27.4. The molecule has 3 fully saturated rings. The lowest BCUT2D eigenvalue weighted by Gasteiger charge is -2.57. The minimum Gasteiger partial charge on any atom is -0.508 e. The van der Waals surface area contributed by atoms with Crippen molar-refractivity contribution >= 4 is 29.1 Å². The van der Waals surface area contributed by atoms with Crippen molar-refractivity contribution < 1.29 is 14.6 Å². The van der Waals surface area contributed by atoms with Crippen LogP contribution in [0.5, 0.6) is 5.75 Å². The minimum atomic E-state index is -0.165. The third kappa shape index (κ3) is 6.43. The molecular weight excluding hydrogens is 531 g/mol. The van der Waals surface area contributed by atoms with Gasteiger partial charge >= 0.3 is 0 Å². The highest BCUT2D eigenvalue weighted by atomic mass is 35.5. The Labute approximate surface area is 243 Å². The molecule has 1 amide bonds. The van der Waals surface area contributed by atoms with Crippen molar-refractivity contribution in [1.82, 2.24) is 9.80 Å². The Morgan fingerprint density at radius 1 is 1.18 bits per heavy atom. The Morgan fingerprint density at radius 3 is 2.64 bits per heavy atom. The average molecular weight is 574 g/mol. The van der Waals surface area contributed by atoms with Crippen LogP contribution < -0.4 is 0 Å². The maximum atomic E-state index is 13.9. The standard InChI is InChI=1S/C32H42Cl2N2O3/c1-21(2)18-36(31(38)14-23-9-10-28(33)29(34)13-23)25-16-30(39-3)27-20-35(19-22-7-8-22)12-11-32(27,17-25)24-5-4-6-26(37)15-24/h4-6,9-10,13,15,21-22,25,27,30,37H,7-8,11-12,14,16-20H2,1-3H3/t25-,27-,30?,32-/m0/s1. The summed E-state index contributed by atoms with van der Waals surface area (Å²) in [6.07, 6.45) is 5.70. The molecule has 3 aliphatic rings. The predicted molar refractivity (Wildman–Crippen MR) is 158 cm³/mol. The van der Waals surface area contributed by atoms with Gasteiger partial charge in [0, 0.05) is 44.1 Å². The third-order valence-corrected chi connectivity index (χ3v) is 9.93. The van der Waals surface area contributed by atoms with E-state index in [0.717, 1.165) is 43.8 Å². The number of fused-ring (bicyclic) bond motifs is 1. The van der Waals surface area contributed by atoms with E-state index in [4.69, 9.17) is 27.9 Å². The van der Waals surface area contributed by atoms with Crippen LogP contribution in [-0.2, 0) is 21.4 Å². The van der Waals surface area contributed by atoms with E-state index in [1.807, 2.05) is 25.3 Å². The maximum absolute atomic E-state index is 13.9. The lowest BCUT2D eigenvalue weighted by molar-refractivity contribution is -0.140. The number of halogens is 2. The molecular formula is C32H42Cl2N2O3. The van der Waals surface area contributed by atoms with Crippen molar-refractivity contribution in [1.29, 1.82) is 0 Å². The number of aromatic hydroxyl groups is 1. The van der Waals surface area contributed by atoms with Crippen LogP contribution in [0.3, 0.4) is 0 Å². The number of hydrogen-bond donors (Lipinski definition) is 1. The number of carbonyl (C=O) groups is 1. The number of phenols is 1. The number of benzene rings is 2. The van der Waals surface area contributed by atoms with Gasteiger partial charge in [0.05, 0.1) is 22.6 Å². The number of nitrogens with zero attached hydrogens (tertiary/aromatic N) is 2. The molecule has 7 heteroatoms. The summed E-state index contributed by atoms with van der Waals surface area (Å²) in [5.41, 5.74) is 1.88. The second-order valence-electron chi connectivity index (χ2n) is 12.5. The number of methoxy groups -OCH3 is 1. The maximum Gasteiger partial charge on any atom is 0.227 e. The lowest BCUT2D eigenvalue weighted by atomic mass is 9.56. The molecule has 39 heavy (non-hydrogen) atoms. The molecule has 0 bridgehead atoms. The van der Waals surface area contributed by atoms with Gasteiger partial charge in [-0.15, -0.1) is 0 Å². The highest BCUT2D eigenvalue weighted by Gasteiger charge is 2.54. The molecule has 2 aliphatic carbocycles. The second kappa shape index (κ2) is 12.0. The van der Waals surface area contributed by atoms with Crippen molar-refractivity contribution in [2.24, 2.45) is 17.8 Å². The first kappa shape index (κ1) is 28.7. The van der Waals surface area contributed by atoms with Crippen LogP contribution in [0.25, 0.3) is 0 Å². The van der Waals surface area contributed by atoms with E-state index in [9.17, 15) is 9.90 Å². The van der Waals surface area contributed by atoms with Crippen molar-refractivity contribution in [3.8, 4) is 5.75 Å². The van der Waals surface area contributed by atoms with Gasteiger partial charge in [0.15, 0.2) is 0 Å². The van der Waals surface area contributed by atoms with Gasteiger partial charge in [-0.05, 0) is 85.9 Å². The first-order valence-electron chi connectivity index (χ1n) is 14.5. The molecule has 1 aliphatic heterocycles. The summed E-state index contributed by atoms with van der Waals surface area (Å²) in [5.74, 6) is 1.89. The average Bonchev–Trinajstić information content (AvgIpc) is 3.72. The molecule has 5 nitrogen and oxygen atoms in total. The fourth-order valence-corrected chi connectivity index (χ4v) is 7.47. The third-order valence-electron chi connectivity index (χ3n) is 9.19. The fraction of sp³-hybridized carbons (Fsp3) is 0.594. The molecule has 1 unspecified atom stereocenters. The summed E-state index contributed by atoms with van der Waals surface area (Å²) in [7, 11) is 1.82. The van der Waals surface area contributed by atoms with Gasteiger partial charge in [-0.1, -0.05) is 55.2 Å². The number of likely N-dealkylation sites (tertiary alicyclic amines) is 1. The number of piperidine rings is 1. The van der Waals surface area contributed by atoms with Crippen LogP contribution in [0, 0.1) is 17.8 Å². The van der Waals surface area contributed by atoms with Crippen molar-refractivity contribution in [3.05, 3.63) is 63.6 Å². The summed E-state index contributed by atoms with van der Waals surface area (Å²) < 4.78 is 6.26. The van der Waals surface area contributed by atoms with Crippen LogP contribution >= 0.6 is 23.2 Å². The predicted octanol–water partition coefficient (Wildman–Crippen LogP) is 6.57. The highest BCUT2D eigenvalue weighted by molar-refractivity contribution is 6.42. The summed E-state index contributed by atoms with van der Waals surface area (Å²) in [6, 6.07) is 13.3. The Hall–Kier alpha value is -1.79. The number of carbonyl (C=O) groups excluding carboxylic acids is 1. The Balaban J connectivity index is 1.47. The molecule has 0 aromatic heterocycles. The summed E-state index contributed by atoms with van der Waals surface area (Å²) in [6.45, 7) is 8.23. The molecule has 1 N–H and O–H groups in total. The van der Waals surface area contributed by atoms with Crippen LogP contribution in [0.4, 0.5) is 0 Å². The first-order chi connectivity index (χ1) is 18.7. The number of phenolic OH excluding ortho intramolecular Hbond substituents is 1. The number of amides is 1. The summed E-state index contributed by atoms with van der Waals surface area (Å²) >= 11 is 12.4. The summed E-state index contributed by atoms with van der Waals surface area (Å²) in [4.78, 5) is 18.7. The fourth-order valence-electron chi connectivity index (χ4n) is 7.15. The number of hydrogen-bond acceptors (Lipinski definition) is 4. The van der Waals surface area contributed by atoms with E-state index in [-0.39, 0.29) is 29.9 Å². The molecule has 2 aromatic carbocycles. The first-order valence-corrected chi connectivity index (χ1v) is 15.2. The zero-order chi connectivity index (χ0) is 27.7. The molecule has 0 spiro atoms. The van der Waals surface area contributed by atoms with Crippen LogP contribution in [0.15, 0.2) is 42.5 Å². The zero-order valence-corrected chi connectivity index (χ0v) is 24.9. The molecule has 2 saturated carbocycles. The monoisotopic (exact) mass is 572 g/mol. The van der Waals surface area contributed by atoms with Crippen LogP contribution in [0.1, 0.15) is 57.1 Å². The molecule has 1 heterocycles. The Morgan fingerprint density at radius 2 is 1.97 bits per heavy atom.